The zero-order valence-corrected chi connectivity index (χ0v) is 13.1. The molecule has 2 N–H and O–H groups in total. The van der Waals surface area contributed by atoms with Crippen LogP contribution in [-0.2, 0) is 13.0 Å². The maximum Gasteiger partial charge on any atom is 0.131 e. The molecule has 0 atom stereocenters. The van der Waals surface area contributed by atoms with Crippen LogP contribution in [0.4, 0.5) is 5.82 Å². The van der Waals surface area contributed by atoms with Crippen LogP contribution in [0.15, 0.2) is 30.5 Å². The molecule has 0 bridgehead atoms. The van der Waals surface area contributed by atoms with Crippen molar-refractivity contribution in [2.75, 3.05) is 18.0 Å². The number of anilines is 1. The zero-order valence-electron chi connectivity index (χ0n) is 13.1. The maximum absolute atomic E-state index is 5.60. The monoisotopic (exact) mass is 284 g/mol. The van der Waals surface area contributed by atoms with Gasteiger partial charge < -0.3 is 10.6 Å². The third-order valence-corrected chi connectivity index (χ3v) is 3.52. The SMILES string of the molecule is CCN(Cc1cccc(C)n1)c1ncc(CCN)cc1C. The summed E-state index contributed by atoms with van der Waals surface area (Å²) < 4.78 is 0. The van der Waals surface area contributed by atoms with Gasteiger partial charge in [0.05, 0.1) is 12.2 Å². The lowest BCUT2D eigenvalue weighted by molar-refractivity contribution is 0.784. The van der Waals surface area contributed by atoms with Gasteiger partial charge in [0.1, 0.15) is 5.82 Å². The van der Waals surface area contributed by atoms with E-state index >= 15 is 0 Å². The first kappa shape index (κ1) is 15.4. The van der Waals surface area contributed by atoms with Gasteiger partial charge in [0.15, 0.2) is 0 Å². The Morgan fingerprint density at radius 3 is 2.67 bits per heavy atom. The van der Waals surface area contributed by atoms with Crippen molar-refractivity contribution in [3.05, 3.63) is 53.0 Å². The molecule has 2 aromatic rings. The second-order valence-electron chi connectivity index (χ2n) is 5.31. The van der Waals surface area contributed by atoms with Crippen LogP contribution in [0.3, 0.4) is 0 Å². The van der Waals surface area contributed by atoms with Crippen LogP contribution in [-0.4, -0.2) is 23.1 Å². The van der Waals surface area contributed by atoms with E-state index in [1.54, 1.807) is 0 Å². The lowest BCUT2D eigenvalue weighted by atomic mass is 10.1. The second-order valence-corrected chi connectivity index (χ2v) is 5.31. The largest absolute Gasteiger partial charge is 0.351 e. The number of aryl methyl sites for hydroxylation is 2. The van der Waals surface area contributed by atoms with Crippen LogP contribution in [0.1, 0.15) is 29.4 Å². The van der Waals surface area contributed by atoms with E-state index in [-0.39, 0.29) is 0 Å². The van der Waals surface area contributed by atoms with Gasteiger partial charge in [-0.15, -0.1) is 0 Å². The van der Waals surface area contributed by atoms with Gasteiger partial charge in [-0.3, -0.25) is 4.98 Å². The fourth-order valence-electron chi connectivity index (χ4n) is 2.48. The lowest BCUT2D eigenvalue weighted by Crippen LogP contribution is -2.24. The molecule has 2 aromatic heterocycles. The predicted octanol–water partition coefficient (Wildman–Crippen LogP) is 2.62. The van der Waals surface area contributed by atoms with Gasteiger partial charge in [-0.1, -0.05) is 12.1 Å². The maximum atomic E-state index is 5.60. The summed E-state index contributed by atoms with van der Waals surface area (Å²) >= 11 is 0. The van der Waals surface area contributed by atoms with Crippen molar-refractivity contribution in [1.82, 2.24) is 9.97 Å². The Kier molecular flexibility index (Phi) is 5.28. The number of pyridine rings is 2. The van der Waals surface area contributed by atoms with Crippen molar-refractivity contribution in [2.45, 2.75) is 33.7 Å². The van der Waals surface area contributed by atoms with E-state index in [0.29, 0.717) is 6.54 Å². The molecule has 112 valence electrons. The first-order valence-electron chi connectivity index (χ1n) is 7.47. The lowest BCUT2D eigenvalue weighted by Gasteiger charge is -2.23. The van der Waals surface area contributed by atoms with Crippen LogP contribution in [0.25, 0.3) is 0 Å². The smallest absolute Gasteiger partial charge is 0.131 e. The Labute approximate surface area is 127 Å². The van der Waals surface area contributed by atoms with E-state index in [1.165, 1.54) is 11.1 Å². The third-order valence-electron chi connectivity index (χ3n) is 3.52. The summed E-state index contributed by atoms with van der Waals surface area (Å²) in [6.45, 7) is 8.61. The van der Waals surface area contributed by atoms with Gasteiger partial charge in [-0.25, -0.2) is 4.98 Å². The average Bonchev–Trinajstić information content (AvgIpc) is 2.46. The number of hydrogen-bond donors (Lipinski definition) is 1. The molecular weight excluding hydrogens is 260 g/mol. The van der Waals surface area contributed by atoms with Crippen molar-refractivity contribution in [2.24, 2.45) is 5.73 Å². The van der Waals surface area contributed by atoms with E-state index in [1.807, 2.05) is 19.2 Å². The quantitative estimate of drug-likeness (QED) is 0.886. The van der Waals surface area contributed by atoms with E-state index in [4.69, 9.17) is 5.73 Å². The van der Waals surface area contributed by atoms with Gasteiger partial charge in [0, 0.05) is 18.4 Å². The Bertz CT molecular complexity index is 595. The molecule has 2 heterocycles. The minimum absolute atomic E-state index is 0.658. The van der Waals surface area contributed by atoms with Crippen molar-refractivity contribution >= 4 is 5.82 Å². The van der Waals surface area contributed by atoms with Crippen molar-refractivity contribution < 1.29 is 0 Å². The first-order chi connectivity index (χ1) is 10.1. The molecule has 0 saturated carbocycles. The van der Waals surface area contributed by atoms with Crippen LogP contribution in [0, 0.1) is 13.8 Å². The summed E-state index contributed by atoms with van der Waals surface area (Å²) in [7, 11) is 0. The number of rotatable bonds is 6. The molecule has 0 aliphatic rings. The normalized spacial score (nSPS) is 10.7. The fourth-order valence-corrected chi connectivity index (χ4v) is 2.48. The molecule has 2 rings (SSSR count). The zero-order chi connectivity index (χ0) is 15.2. The molecule has 0 fully saturated rings. The summed E-state index contributed by atoms with van der Waals surface area (Å²) in [6, 6.07) is 8.32. The number of nitrogens with zero attached hydrogens (tertiary/aromatic N) is 3. The first-order valence-corrected chi connectivity index (χ1v) is 7.47. The van der Waals surface area contributed by atoms with E-state index in [9.17, 15) is 0 Å². The number of aromatic nitrogens is 2. The highest BCUT2D eigenvalue weighted by Gasteiger charge is 2.11. The predicted molar refractivity (Wildman–Crippen MR) is 87.4 cm³/mol. The van der Waals surface area contributed by atoms with Crippen LogP contribution < -0.4 is 10.6 Å². The Morgan fingerprint density at radius 1 is 1.24 bits per heavy atom. The van der Waals surface area contributed by atoms with E-state index in [0.717, 1.165) is 36.7 Å². The Morgan fingerprint density at radius 2 is 2.05 bits per heavy atom. The van der Waals surface area contributed by atoms with Crippen LogP contribution in [0.2, 0.25) is 0 Å². The van der Waals surface area contributed by atoms with Crippen molar-refractivity contribution in [1.29, 1.82) is 0 Å². The Balaban J connectivity index is 2.21. The molecule has 0 unspecified atom stereocenters. The fraction of sp³-hybridized carbons (Fsp3) is 0.412. The van der Waals surface area contributed by atoms with Gasteiger partial charge in [0.25, 0.3) is 0 Å². The number of hydrogen-bond acceptors (Lipinski definition) is 4. The highest BCUT2D eigenvalue weighted by Crippen LogP contribution is 2.20. The summed E-state index contributed by atoms with van der Waals surface area (Å²) in [5.41, 5.74) is 10.1. The average molecular weight is 284 g/mol. The highest BCUT2D eigenvalue weighted by molar-refractivity contribution is 5.47. The minimum atomic E-state index is 0.658. The molecule has 0 aliphatic carbocycles. The van der Waals surface area contributed by atoms with Crippen molar-refractivity contribution in [3.8, 4) is 0 Å². The summed E-state index contributed by atoms with van der Waals surface area (Å²) in [4.78, 5) is 11.5. The minimum Gasteiger partial charge on any atom is -0.351 e. The van der Waals surface area contributed by atoms with E-state index in [2.05, 4.69) is 46.9 Å². The van der Waals surface area contributed by atoms with Crippen LogP contribution in [0.5, 0.6) is 0 Å². The molecule has 0 aliphatic heterocycles. The van der Waals surface area contributed by atoms with E-state index < -0.39 is 0 Å². The van der Waals surface area contributed by atoms with Gasteiger partial charge >= 0.3 is 0 Å². The molecule has 21 heavy (non-hydrogen) atoms. The second kappa shape index (κ2) is 7.18. The van der Waals surface area contributed by atoms with Gasteiger partial charge in [-0.2, -0.15) is 0 Å². The van der Waals surface area contributed by atoms with Crippen LogP contribution >= 0.6 is 0 Å². The molecule has 0 radical (unpaired) electrons. The topological polar surface area (TPSA) is 55.0 Å². The Hall–Kier alpha value is -1.94. The highest BCUT2D eigenvalue weighted by atomic mass is 15.2. The summed E-state index contributed by atoms with van der Waals surface area (Å²) in [6.07, 6.45) is 2.81. The van der Waals surface area contributed by atoms with Gasteiger partial charge in [-0.05, 0) is 57.0 Å². The third kappa shape index (κ3) is 4.02. The molecule has 0 spiro atoms. The summed E-state index contributed by atoms with van der Waals surface area (Å²) in [5, 5.41) is 0. The molecule has 0 amide bonds. The molecule has 0 aromatic carbocycles. The molecule has 4 heteroatoms. The van der Waals surface area contributed by atoms with Crippen molar-refractivity contribution in [3.63, 3.8) is 0 Å². The molecule has 0 saturated heterocycles. The molecular formula is C17H24N4. The van der Waals surface area contributed by atoms with Gasteiger partial charge in [0.2, 0.25) is 0 Å². The summed E-state index contributed by atoms with van der Waals surface area (Å²) in [5.74, 6) is 1.03. The molecule has 4 nitrogen and oxygen atoms in total. The standard InChI is InChI=1S/C17H24N4/c1-4-21(12-16-7-5-6-14(3)20-16)17-13(2)10-15(8-9-18)11-19-17/h5-7,10-11H,4,8-9,12,18H2,1-3H3. The number of nitrogens with two attached hydrogens (primary N) is 1.